The van der Waals surface area contributed by atoms with Crippen LogP contribution in [0.15, 0.2) is 47.4 Å². The van der Waals surface area contributed by atoms with Gasteiger partial charge in [0.25, 0.3) is 0 Å². The van der Waals surface area contributed by atoms with E-state index in [-0.39, 0.29) is 46.2 Å². The number of hydrogen-bond acceptors (Lipinski definition) is 6. The maximum absolute atomic E-state index is 11.2. The van der Waals surface area contributed by atoms with Crippen LogP contribution >= 0.6 is 18.2 Å². The smallest absolute Gasteiger partial charge is 0.388 e. The van der Waals surface area contributed by atoms with Gasteiger partial charge in [-0.05, 0) is 53.7 Å². The minimum absolute atomic E-state index is 0.0307. The van der Waals surface area contributed by atoms with Gasteiger partial charge >= 0.3 is 6.80 Å². The molecule has 6 N–H and O–H groups in total. The summed E-state index contributed by atoms with van der Waals surface area (Å²) in [6, 6.07) is 9.67. The monoisotopic (exact) mass is 372 g/mol. The molecule has 0 aliphatic carbocycles. The Bertz CT molecular complexity index is 755. The predicted molar refractivity (Wildman–Crippen MR) is 88.6 cm³/mol. The van der Waals surface area contributed by atoms with Gasteiger partial charge in [-0.25, -0.2) is 4.57 Å². The Morgan fingerprint density at radius 3 is 2.12 bits per heavy atom. The molecule has 0 radical (unpaired) electrons. The Morgan fingerprint density at radius 1 is 0.958 bits per heavy atom. The number of aliphatic hydroxyl groups is 2. The van der Waals surface area contributed by atoms with Crippen LogP contribution in [0.4, 0.5) is 0 Å². The molecule has 0 unspecified atom stereocenters. The number of phenols is 2. The molecular weight excluding hydrogens is 355 g/mol. The molecule has 0 spiro atoms. The summed E-state index contributed by atoms with van der Waals surface area (Å²) in [6.45, 7) is -4.50. The van der Waals surface area contributed by atoms with Gasteiger partial charge in [-0.3, -0.25) is 0 Å². The summed E-state index contributed by atoms with van der Waals surface area (Å²) in [7, 11) is 0. The molecule has 0 saturated carbocycles. The molecule has 0 atom stereocenters. The van der Waals surface area contributed by atoms with E-state index in [2.05, 4.69) is 0 Å². The van der Waals surface area contributed by atoms with Crippen molar-refractivity contribution in [3.05, 3.63) is 53.6 Å². The molecule has 0 heterocycles. The van der Waals surface area contributed by atoms with Gasteiger partial charge in [0.1, 0.15) is 11.5 Å². The average molecular weight is 372 g/mol. The third-order valence-corrected chi connectivity index (χ3v) is 5.40. The summed E-state index contributed by atoms with van der Waals surface area (Å²) >= 11 is 0.189. The lowest BCUT2D eigenvalue weighted by molar-refractivity contribution is -0.175. The molecule has 2 aromatic rings. The molecule has 0 aliphatic rings. The summed E-state index contributed by atoms with van der Waals surface area (Å²) in [5, 5.41) is 39.5. The fourth-order valence-electron chi connectivity index (χ4n) is 2.15. The first-order chi connectivity index (χ1) is 11.1. The van der Waals surface area contributed by atoms with Gasteiger partial charge in [-0.2, -0.15) is 0 Å². The number of benzene rings is 2. The van der Waals surface area contributed by atoms with Gasteiger partial charge in [-0.1, -0.05) is 12.1 Å². The number of phenolic OH excluding ortho intramolecular Hbond substituents is 2. The second kappa shape index (κ2) is 7.14. The van der Waals surface area contributed by atoms with Gasteiger partial charge < -0.3 is 30.2 Å². The minimum Gasteiger partial charge on any atom is -0.508 e. The minimum atomic E-state index is -4.50. The second-order valence-electron chi connectivity index (χ2n) is 5.25. The average Bonchev–Trinajstić information content (AvgIpc) is 2.47. The highest BCUT2D eigenvalue weighted by Crippen LogP contribution is 2.56. The Morgan fingerprint density at radius 2 is 1.54 bits per heavy atom. The van der Waals surface area contributed by atoms with E-state index >= 15 is 0 Å². The van der Waals surface area contributed by atoms with Crippen molar-refractivity contribution in [2.75, 3.05) is 0 Å². The third kappa shape index (κ3) is 5.24. The van der Waals surface area contributed by atoms with Gasteiger partial charge in [0.05, 0.1) is 0 Å². The van der Waals surface area contributed by atoms with E-state index in [0.29, 0.717) is 0 Å². The largest absolute Gasteiger partial charge is 0.508 e. The van der Waals surface area contributed by atoms with E-state index in [9.17, 15) is 25.0 Å². The Labute approximate surface area is 142 Å². The number of aryl methyl sites for hydroxylation is 1. The predicted octanol–water partition coefficient (Wildman–Crippen LogP) is 2.05. The molecule has 7 nitrogen and oxygen atoms in total. The summed E-state index contributed by atoms with van der Waals surface area (Å²) in [5.41, 5.74) is 0.555. The fourth-order valence-corrected chi connectivity index (χ4v) is 4.11. The third-order valence-electron chi connectivity index (χ3n) is 3.31. The Hall–Kier alpha value is -1.54. The van der Waals surface area contributed by atoms with E-state index in [4.69, 9.17) is 9.79 Å². The van der Waals surface area contributed by atoms with Crippen molar-refractivity contribution in [2.24, 2.45) is 0 Å². The van der Waals surface area contributed by atoms with Crippen molar-refractivity contribution in [1.29, 1.82) is 0 Å². The Balaban J connectivity index is 2.25. The van der Waals surface area contributed by atoms with E-state index in [1.54, 1.807) is 12.1 Å². The lowest BCUT2D eigenvalue weighted by Gasteiger charge is -2.25. The first kappa shape index (κ1) is 18.8. The van der Waals surface area contributed by atoms with E-state index < -0.39 is 12.6 Å². The highest BCUT2D eigenvalue weighted by molar-refractivity contribution is 8.54. The summed E-state index contributed by atoms with van der Waals surface area (Å²) in [6.07, 6.45) is 0.0684. The summed E-state index contributed by atoms with van der Waals surface area (Å²) in [5.74, 6) is -2.56. The molecule has 0 fully saturated rings. The topological polar surface area (TPSA) is 138 Å². The van der Waals surface area contributed by atoms with Crippen LogP contribution < -0.4 is 0 Å². The first-order valence-corrected chi connectivity index (χ1v) is 9.91. The van der Waals surface area contributed by atoms with Crippen molar-refractivity contribution >= 4 is 18.2 Å². The number of aromatic hydroxyl groups is 2. The molecule has 0 aliphatic heterocycles. The maximum Gasteiger partial charge on any atom is 0.388 e. The zero-order valence-corrected chi connectivity index (χ0v) is 14.1. The molecule has 9 heteroatoms. The molecule has 130 valence electrons. The standard InChI is InChI=1S/C15H17O7PS/c16-11-3-1-10(2-4-11)7-8-15(18,19)13-9-12(17)5-6-14(13)24-23(20,21)22/h1-6,9,16-19H,7-8H2,(H2,20,21,22). The zero-order chi connectivity index (χ0) is 18.0. The van der Waals surface area contributed by atoms with E-state index in [1.165, 1.54) is 24.3 Å². The van der Waals surface area contributed by atoms with Crippen LogP contribution in [0, 0.1) is 0 Å². The van der Waals surface area contributed by atoms with Crippen LogP contribution in [0.2, 0.25) is 0 Å². The van der Waals surface area contributed by atoms with Crippen molar-refractivity contribution in [3.8, 4) is 11.5 Å². The lowest BCUT2D eigenvalue weighted by Crippen LogP contribution is -2.26. The van der Waals surface area contributed by atoms with Crippen molar-refractivity contribution in [3.63, 3.8) is 0 Å². The zero-order valence-electron chi connectivity index (χ0n) is 12.4. The fraction of sp³-hybridized carbons (Fsp3) is 0.200. The molecule has 0 amide bonds. The van der Waals surface area contributed by atoms with Crippen molar-refractivity contribution in [2.45, 2.75) is 23.5 Å². The molecule has 0 bridgehead atoms. The SMILES string of the molecule is O=P(O)(O)Sc1ccc(O)cc1C(O)(O)CCc1ccc(O)cc1. The maximum atomic E-state index is 11.2. The van der Waals surface area contributed by atoms with Crippen molar-refractivity contribution in [1.82, 2.24) is 0 Å². The van der Waals surface area contributed by atoms with Crippen LogP contribution in [0.3, 0.4) is 0 Å². The number of rotatable bonds is 6. The van der Waals surface area contributed by atoms with Gasteiger partial charge in [-0.15, -0.1) is 0 Å². The first-order valence-electron chi connectivity index (χ1n) is 6.88. The lowest BCUT2D eigenvalue weighted by atomic mass is 9.97. The molecule has 24 heavy (non-hydrogen) atoms. The van der Waals surface area contributed by atoms with Crippen LogP contribution in [0.1, 0.15) is 17.5 Å². The van der Waals surface area contributed by atoms with Crippen LogP contribution in [-0.4, -0.2) is 30.2 Å². The molecular formula is C15H17O7PS. The van der Waals surface area contributed by atoms with Gasteiger partial charge in [0, 0.05) is 16.9 Å². The van der Waals surface area contributed by atoms with E-state index in [1.807, 2.05) is 0 Å². The highest BCUT2D eigenvalue weighted by Gasteiger charge is 2.31. The van der Waals surface area contributed by atoms with Crippen LogP contribution in [0.25, 0.3) is 0 Å². The molecule has 0 saturated heterocycles. The van der Waals surface area contributed by atoms with Crippen LogP contribution in [-0.2, 0) is 16.8 Å². The molecule has 2 rings (SSSR count). The van der Waals surface area contributed by atoms with Crippen LogP contribution in [0.5, 0.6) is 11.5 Å². The second-order valence-corrected chi connectivity index (χ2v) is 8.82. The van der Waals surface area contributed by atoms with E-state index in [0.717, 1.165) is 11.6 Å². The van der Waals surface area contributed by atoms with Gasteiger partial charge in [0.15, 0.2) is 5.79 Å². The summed E-state index contributed by atoms with van der Waals surface area (Å²) < 4.78 is 11.2. The highest BCUT2D eigenvalue weighted by atomic mass is 32.7. The normalized spacial score (nSPS) is 12.3. The number of hydrogen-bond donors (Lipinski definition) is 6. The van der Waals surface area contributed by atoms with Gasteiger partial charge in [0.2, 0.25) is 0 Å². The Kier molecular flexibility index (Phi) is 5.59. The summed E-state index contributed by atoms with van der Waals surface area (Å²) in [4.78, 5) is 18.1. The quantitative estimate of drug-likeness (QED) is 0.335. The molecule has 2 aromatic carbocycles. The van der Waals surface area contributed by atoms with Crippen molar-refractivity contribution < 1.29 is 34.8 Å². The molecule has 0 aromatic heterocycles.